The van der Waals surface area contributed by atoms with Gasteiger partial charge in [0.1, 0.15) is 0 Å². The number of hydrogen-bond donors (Lipinski definition) is 0. The number of Topliss-reactive ketones (excluding diaryl/α,β-unsaturated/α-hetero) is 1. The fourth-order valence-electron chi connectivity index (χ4n) is 2.94. The van der Waals surface area contributed by atoms with E-state index in [1.165, 1.54) is 12.8 Å². The maximum absolute atomic E-state index is 13.0. The lowest BCUT2D eigenvalue weighted by Crippen LogP contribution is -2.31. The summed E-state index contributed by atoms with van der Waals surface area (Å²) in [6.07, 6.45) is 8.46. The van der Waals surface area contributed by atoms with Gasteiger partial charge < -0.3 is 0 Å². The molecule has 0 aromatic heterocycles. The van der Waals surface area contributed by atoms with Crippen LogP contribution in [0, 0.1) is 12.3 Å². The molecule has 1 unspecified atom stereocenters. The summed E-state index contributed by atoms with van der Waals surface area (Å²) < 4.78 is 0. The highest BCUT2D eigenvalue weighted by atomic mass is 16.1. The van der Waals surface area contributed by atoms with Crippen molar-refractivity contribution in [3.8, 4) is 0 Å². The molecule has 0 spiro atoms. The summed E-state index contributed by atoms with van der Waals surface area (Å²) >= 11 is 0. The van der Waals surface area contributed by atoms with Crippen LogP contribution in [0.15, 0.2) is 30.3 Å². The topological polar surface area (TPSA) is 17.1 Å². The van der Waals surface area contributed by atoms with Crippen LogP contribution < -0.4 is 0 Å². The maximum Gasteiger partial charge on any atom is 0.168 e. The fraction of sp³-hybridized carbons (Fsp3) is 0.579. The van der Waals surface area contributed by atoms with Crippen LogP contribution in [0.3, 0.4) is 0 Å². The third kappa shape index (κ3) is 4.47. The summed E-state index contributed by atoms with van der Waals surface area (Å²) in [7, 11) is 0. The first-order valence-electron chi connectivity index (χ1n) is 8.09. The monoisotopic (exact) mass is 273 g/mol. The van der Waals surface area contributed by atoms with Gasteiger partial charge in [-0.1, -0.05) is 83.2 Å². The van der Waals surface area contributed by atoms with Gasteiger partial charge >= 0.3 is 0 Å². The molecule has 1 rings (SSSR count). The van der Waals surface area contributed by atoms with Gasteiger partial charge in [0, 0.05) is 11.0 Å². The molecule has 0 N–H and O–H groups in total. The molecule has 1 aromatic rings. The SMILES string of the molecule is [CH2]CCCC(CC)(CCCCC)C(=O)c1ccccc1. The summed E-state index contributed by atoms with van der Waals surface area (Å²) in [4.78, 5) is 13.0. The second-order valence-corrected chi connectivity index (χ2v) is 5.74. The van der Waals surface area contributed by atoms with Crippen molar-refractivity contribution >= 4 is 5.78 Å². The normalized spacial score (nSPS) is 13.9. The minimum absolute atomic E-state index is 0.172. The molecular formula is C19H29O. The zero-order valence-corrected chi connectivity index (χ0v) is 13.2. The Bertz CT molecular complexity index is 382. The quantitative estimate of drug-likeness (QED) is 0.386. The van der Waals surface area contributed by atoms with Crippen LogP contribution >= 0.6 is 0 Å². The molecule has 0 bridgehead atoms. The highest BCUT2D eigenvalue weighted by molar-refractivity contribution is 6.00. The van der Waals surface area contributed by atoms with Gasteiger partial charge in [0.15, 0.2) is 5.78 Å². The Morgan fingerprint density at radius 1 is 1.05 bits per heavy atom. The standard InChI is InChI=1S/C19H29O/c1-4-7-12-16-19(6-3,15-8-5-2)18(20)17-13-10-9-11-14-17/h9-11,13-14H,2,4-8,12,15-16H2,1,3H3. The van der Waals surface area contributed by atoms with E-state index in [0.717, 1.165) is 44.1 Å². The van der Waals surface area contributed by atoms with Crippen molar-refractivity contribution in [3.05, 3.63) is 42.8 Å². The van der Waals surface area contributed by atoms with E-state index in [2.05, 4.69) is 20.8 Å². The molecular weight excluding hydrogens is 244 g/mol. The Balaban J connectivity index is 2.91. The van der Waals surface area contributed by atoms with Gasteiger partial charge in [-0.3, -0.25) is 4.79 Å². The van der Waals surface area contributed by atoms with Crippen LogP contribution in [-0.2, 0) is 0 Å². The lowest BCUT2D eigenvalue weighted by Gasteiger charge is -2.31. The number of carbonyl (C=O) groups is 1. The number of rotatable bonds is 10. The number of unbranched alkanes of at least 4 members (excludes halogenated alkanes) is 3. The predicted octanol–water partition coefficient (Wildman–Crippen LogP) is 5.85. The molecule has 0 aliphatic carbocycles. The van der Waals surface area contributed by atoms with E-state index in [-0.39, 0.29) is 5.41 Å². The van der Waals surface area contributed by atoms with Crippen LogP contribution in [0.25, 0.3) is 0 Å². The van der Waals surface area contributed by atoms with Gasteiger partial charge in [-0.25, -0.2) is 0 Å². The highest BCUT2D eigenvalue weighted by Crippen LogP contribution is 2.38. The molecule has 0 fully saturated rings. The third-order valence-electron chi connectivity index (χ3n) is 4.36. The highest BCUT2D eigenvalue weighted by Gasteiger charge is 2.35. The van der Waals surface area contributed by atoms with Crippen molar-refractivity contribution in [1.29, 1.82) is 0 Å². The van der Waals surface area contributed by atoms with Gasteiger partial charge in [-0.05, 0) is 19.3 Å². The van der Waals surface area contributed by atoms with Crippen molar-refractivity contribution in [2.45, 2.75) is 65.2 Å². The smallest absolute Gasteiger partial charge is 0.168 e. The number of ketones is 1. The van der Waals surface area contributed by atoms with E-state index in [9.17, 15) is 4.79 Å². The van der Waals surface area contributed by atoms with Gasteiger partial charge in [0.25, 0.3) is 0 Å². The van der Waals surface area contributed by atoms with E-state index in [1.54, 1.807) is 0 Å². The molecule has 0 saturated carbocycles. The first-order valence-corrected chi connectivity index (χ1v) is 8.09. The Morgan fingerprint density at radius 2 is 1.70 bits per heavy atom. The largest absolute Gasteiger partial charge is 0.294 e. The molecule has 0 saturated heterocycles. The maximum atomic E-state index is 13.0. The fourth-order valence-corrected chi connectivity index (χ4v) is 2.94. The summed E-state index contributed by atoms with van der Waals surface area (Å²) in [5, 5.41) is 0. The lowest BCUT2D eigenvalue weighted by molar-refractivity contribution is 0.0738. The van der Waals surface area contributed by atoms with Crippen LogP contribution in [0.4, 0.5) is 0 Å². The van der Waals surface area contributed by atoms with E-state index >= 15 is 0 Å². The van der Waals surface area contributed by atoms with Gasteiger partial charge in [0.05, 0.1) is 0 Å². The molecule has 1 atom stereocenters. The number of hydrogen-bond acceptors (Lipinski definition) is 1. The van der Waals surface area contributed by atoms with E-state index in [4.69, 9.17) is 0 Å². The molecule has 20 heavy (non-hydrogen) atoms. The Kier molecular flexibility index (Phi) is 7.58. The Labute approximate surface area is 124 Å². The Morgan fingerprint density at radius 3 is 2.25 bits per heavy atom. The molecule has 1 nitrogen and oxygen atoms in total. The molecule has 0 aliphatic rings. The second-order valence-electron chi connectivity index (χ2n) is 5.74. The molecule has 0 aliphatic heterocycles. The number of benzene rings is 1. The summed E-state index contributed by atoms with van der Waals surface area (Å²) in [6.45, 7) is 8.31. The van der Waals surface area contributed by atoms with E-state index in [1.807, 2.05) is 30.3 Å². The summed E-state index contributed by atoms with van der Waals surface area (Å²) in [5.41, 5.74) is 0.698. The predicted molar refractivity (Wildman–Crippen MR) is 86.8 cm³/mol. The molecule has 1 aromatic carbocycles. The molecule has 1 radical (unpaired) electrons. The van der Waals surface area contributed by atoms with Gasteiger partial charge in [0.2, 0.25) is 0 Å². The third-order valence-corrected chi connectivity index (χ3v) is 4.36. The van der Waals surface area contributed by atoms with Gasteiger partial charge in [-0.15, -0.1) is 0 Å². The summed E-state index contributed by atoms with van der Waals surface area (Å²) in [5.74, 6) is 0.338. The molecule has 0 amide bonds. The average Bonchev–Trinajstić information content (AvgIpc) is 2.51. The van der Waals surface area contributed by atoms with Crippen molar-refractivity contribution in [2.75, 3.05) is 0 Å². The van der Waals surface area contributed by atoms with Crippen molar-refractivity contribution in [2.24, 2.45) is 5.41 Å². The lowest BCUT2D eigenvalue weighted by atomic mass is 9.71. The molecule has 1 heteroatoms. The van der Waals surface area contributed by atoms with Gasteiger partial charge in [-0.2, -0.15) is 0 Å². The second kappa shape index (κ2) is 8.94. The van der Waals surface area contributed by atoms with E-state index in [0.29, 0.717) is 5.78 Å². The minimum Gasteiger partial charge on any atom is -0.294 e. The van der Waals surface area contributed by atoms with Crippen LogP contribution in [0.1, 0.15) is 75.6 Å². The van der Waals surface area contributed by atoms with Crippen LogP contribution in [0.2, 0.25) is 0 Å². The van der Waals surface area contributed by atoms with Crippen molar-refractivity contribution in [1.82, 2.24) is 0 Å². The average molecular weight is 273 g/mol. The first kappa shape index (κ1) is 16.9. The minimum atomic E-state index is -0.172. The summed E-state index contributed by atoms with van der Waals surface area (Å²) in [6, 6.07) is 9.80. The van der Waals surface area contributed by atoms with Crippen LogP contribution in [0.5, 0.6) is 0 Å². The van der Waals surface area contributed by atoms with Crippen molar-refractivity contribution < 1.29 is 4.79 Å². The zero-order chi connectivity index (χ0) is 14.8. The zero-order valence-electron chi connectivity index (χ0n) is 13.2. The van der Waals surface area contributed by atoms with Crippen LogP contribution in [-0.4, -0.2) is 5.78 Å². The Hall–Kier alpha value is -1.11. The van der Waals surface area contributed by atoms with E-state index < -0.39 is 0 Å². The molecule has 111 valence electrons. The van der Waals surface area contributed by atoms with Crippen molar-refractivity contribution in [3.63, 3.8) is 0 Å². The number of carbonyl (C=O) groups excluding carboxylic acids is 1. The first-order chi connectivity index (χ1) is 9.70. The molecule has 0 heterocycles.